The molecule has 2 fully saturated rings. The molecule has 1 saturated heterocycles. The minimum Gasteiger partial charge on any atom is -0.486 e. The zero-order valence-corrected chi connectivity index (χ0v) is 17.5. The van der Waals surface area contributed by atoms with Crippen LogP contribution in [0, 0.1) is 0 Å². The van der Waals surface area contributed by atoms with Crippen molar-refractivity contribution in [3.8, 4) is 11.5 Å². The van der Waals surface area contributed by atoms with Crippen molar-refractivity contribution in [3.63, 3.8) is 0 Å². The maximum Gasteiger partial charge on any atom is 0.220 e. The Hall–Kier alpha value is -1.01. The van der Waals surface area contributed by atoms with Crippen molar-refractivity contribution < 1.29 is 14.3 Å². The van der Waals surface area contributed by atoms with E-state index in [4.69, 9.17) is 9.47 Å². The van der Waals surface area contributed by atoms with Gasteiger partial charge in [-0.2, -0.15) is 0 Å². The molecule has 1 aromatic carbocycles. The molecule has 0 bridgehead atoms. The van der Waals surface area contributed by atoms with Crippen molar-refractivity contribution in [2.75, 3.05) is 19.0 Å². The van der Waals surface area contributed by atoms with Crippen molar-refractivity contribution in [2.24, 2.45) is 0 Å². The monoisotopic (exact) mass is 407 g/mol. The predicted molar refractivity (Wildman–Crippen MR) is 113 cm³/mol. The number of amides is 1. The van der Waals surface area contributed by atoms with E-state index in [2.05, 4.69) is 17.4 Å². The van der Waals surface area contributed by atoms with Gasteiger partial charge in [-0.05, 0) is 49.8 Å². The number of carbonyl (C=O) groups is 1. The van der Waals surface area contributed by atoms with Crippen molar-refractivity contribution in [1.82, 2.24) is 5.32 Å². The summed E-state index contributed by atoms with van der Waals surface area (Å²) in [6.07, 6.45) is 9.69. The van der Waals surface area contributed by atoms with E-state index in [9.17, 15) is 4.79 Å². The van der Waals surface area contributed by atoms with Crippen molar-refractivity contribution >= 4 is 27.5 Å². The molecular formula is C21H29NO3S2. The van der Waals surface area contributed by atoms with E-state index in [1.54, 1.807) is 0 Å². The summed E-state index contributed by atoms with van der Waals surface area (Å²) in [7, 11) is 4.02. The van der Waals surface area contributed by atoms with Crippen LogP contribution in [-0.2, 0) is 10.3 Å². The summed E-state index contributed by atoms with van der Waals surface area (Å²) in [4.78, 5) is 12.7. The van der Waals surface area contributed by atoms with E-state index in [-0.39, 0.29) is 11.4 Å². The average molecular weight is 408 g/mol. The number of fused-ring (bicyclic) bond motifs is 1. The third-order valence-electron chi connectivity index (χ3n) is 5.84. The highest BCUT2D eigenvalue weighted by Crippen LogP contribution is 2.43. The second-order valence-electron chi connectivity index (χ2n) is 7.77. The first-order chi connectivity index (χ1) is 13.3. The van der Waals surface area contributed by atoms with Gasteiger partial charge in [-0.15, -0.1) is 0 Å². The summed E-state index contributed by atoms with van der Waals surface area (Å²) in [5.41, 5.74) is 0.933. The van der Waals surface area contributed by atoms with Gasteiger partial charge in [0, 0.05) is 17.4 Å². The molecule has 0 aromatic heterocycles. The number of hydrogen-bond donors (Lipinski definition) is 1. The second-order valence-corrected chi connectivity index (χ2v) is 10.6. The number of hydrogen-bond acceptors (Lipinski definition) is 5. The van der Waals surface area contributed by atoms with Gasteiger partial charge in [0.2, 0.25) is 5.91 Å². The van der Waals surface area contributed by atoms with Gasteiger partial charge < -0.3 is 14.8 Å². The second kappa shape index (κ2) is 8.99. The summed E-state index contributed by atoms with van der Waals surface area (Å²) < 4.78 is 11.4. The highest BCUT2D eigenvalue weighted by atomic mass is 33.1. The van der Waals surface area contributed by atoms with Crippen LogP contribution in [0.1, 0.15) is 63.4 Å². The van der Waals surface area contributed by atoms with Gasteiger partial charge in [-0.1, -0.05) is 46.9 Å². The van der Waals surface area contributed by atoms with Gasteiger partial charge in [0.15, 0.2) is 11.5 Å². The van der Waals surface area contributed by atoms with Crippen LogP contribution in [0.2, 0.25) is 0 Å². The van der Waals surface area contributed by atoms with Crippen LogP contribution >= 0.6 is 21.6 Å². The Labute approximate surface area is 169 Å². The van der Waals surface area contributed by atoms with E-state index >= 15 is 0 Å². The molecule has 1 saturated carbocycles. The Morgan fingerprint density at radius 1 is 1.15 bits per heavy atom. The summed E-state index contributed by atoms with van der Waals surface area (Å²) >= 11 is 0. The molecule has 2 heterocycles. The molecule has 4 nitrogen and oxygen atoms in total. The third kappa shape index (κ3) is 4.70. The molecular weight excluding hydrogens is 378 g/mol. The van der Waals surface area contributed by atoms with Gasteiger partial charge in [-0.25, -0.2) is 0 Å². The average Bonchev–Trinajstić information content (AvgIpc) is 3.37. The summed E-state index contributed by atoms with van der Waals surface area (Å²) in [6.45, 7) is 1.19. The summed E-state index contributed by atoms with van der Waals surface area (Å²) in [6, 6.07) is 6.18. The fourth-order valence-electron chi connectivity index (χ4n) is 4.36. The van der Waals surface area contributed by atoms with Crippen molar-refractivity contribution in [3.05, 3.63) is 23.8 Å². The largest absolute Gasteiger partial charge is 0.486 e. The van der Waals surface area contributed by atoms with Crippen LogP contribution in [0.15, 0.2) is 18.2 Å². The van der Waals surface area contributed by atoms with Crippen molar-refractivity contribution in [2.45, 2.75) is 68.6 Å². The Bertz CT molecular complexity index is 655. The van der Waals surface area contributed by atoms with Crippen LogP contribution in [0.4, 0.5) is 0 Å². The molecule has 2 aliphatic heterocycles. The van der Waals surface area contributed by atoms with E-state index in [1.807, 2.05) is 27.7 Å². The molecule has 1 amide bonds. The SMILES string of the molecule is O=C(CCCC[C@H]1CCSS1)NC1(c2ccc3c(c2)OCCO3)CCCC1. The first-order valence-corrected chi connectivity index (χ1v) is 12.6. The Kier molecular flexibility index (Phi) is 6.43. The lowest BCUT2D eigenvalue weighted by Crippen LogP contribution is -2.43. The van der Waals surface area contributed by atoms with Gasteiger partial charge >= 0.3 is 0 Å². The third-order valence-corrected chi connectivity index (χ3v) is 8.84. The van der Waals surface area contributed by atoms with E-state index in [0.29, 0.717) is 19.6 Å². The van der Waals surface area contributed by atoms with Crippen LogP contribution in [-0.4, -0.2) is 30.1 Å². The molecule has 3 aliphatic rings. The Balaban J connectivity index is 1.34. The minimum atomic E-state index is -0.231. The maximum atomic E-state index is 12.7. The van der Waals surface area contributed by atoms with Gasteiger partial charge in [0.05, 0.1) is 5.54 Å². The smallest absolute Gasteiger partial charge is 0.220 e. The van der Waals surface area contributed by atoms with E-state index < -0.39 is 0 Å². The lowest BCUT2D eigenvalue weighted by Gasteiger charge is -2.32. The number of ether oxygens (including phenoxy) is 2. The molecule has 1 atom stereocenters. The molecule has 0 unspecified atom stereocenters. The number of unbranched alkanes of at least 4 members (excludes halogenated alkanes) is 1. The predicted octanol–water partition coefficient (Wildman–Crippen LogP) is 5.06. The number of benzene rings is 1. The van der Waals surface area contributed by atoms with Crippen molar-refractivity contribution in [1.29, 1.82) is 0 Å². The van der Waals surface area contributed by atoms with Crippen LogP contribution in [0.3, 0.4) is 0 Å². The summed E-state index contributed by atoms with van der Waals surface area (Å²) in [5.74, 6) is 3.10. The van der Waals surface area contributed by atoms with E-state index in [0.717, 1.165) is 60.8 Å². The zero-order chi connectivity index (χ0) is 18.5. The van der Waals surface area contributed by atoms with Gasteiger partial charge in [0.25, 0.3) is 0 Å². The highest BCUT2D eigenvalue weighted by molar-refractivity contribution is 8.77. The Morgan fingerprint density at radius 3 is 2.74 bits per heavy atom. The molecule has 4 rings (SSSR count). The molecule has 1 aliphatic carbocycles. The van der Waals surface area contributed by atoms with Crippen LogP contribution < -0.4 is 14.8 Å². The number of nitrogens with one attached hydrogen (secondary N) is 1. The molecule has 1 aromatic rings. The fourth-order valence-corrected chi connectivity index (χ4v) is 7.38. The van der Waals surface area contributed by atoms with Gasteiger partial charge in [0.1, 0.15) is 13.2 Å². The normalized spacial score (nSPS) is 23.3. The van der Waals surface area contributed by atoms with Gasteiger partial charge in [-0.3, -0.25) is 4.79 Å². The molecule has 27 heavy (non-hydrogen) atoms. The Morgan fingerprint density at radius 2 is 1.96 bits per heavy atom. The quantitative estimate of drug-likeness (QED) is 0.506. The molecule has 0 spiro atoms. The standard InChI is InChI=1S/C21H29NO3S2/c23-20(6-2-1-5-17-9-14-26-27-17)22-21(10-3-4-11-21)16-7-8-18-19(15-16)25-13-12-24-18/h7-8,15,17H,1-6,9-14H2,(H,22,23)/t17-/m0/s1. The number of rotatable bonds is 7. The van der Waals surface area contributed by atoms with Crippen LogP contribution in [0.5, 0.6) is 11.5 Å². The maximum absolute atomic E-state index is 12.7. The molecule has 148 valence electrons. The molecule has 0 radical (unpaired) electrons. The topological polar surface area (TPSA) is 47.6 Å². The fraction of sp³-hybridized carbons (Fsp3) is 0.667. The first kappa shape index (κ1) is 19.3. The summed E-state index contributed by atoms with van der Waals surface area (Å²) in [5, 5.41) is 4.20. The van der Waals surface area contributed by atoms with E-state index in [1.165, 1.54) is 18.6 Å². The molecule has 1 N–H and O–H groups in total. The lowest BCUT2D eigenvalue weighted by atomic mass is 9.87. The van der Waals surface area contributed by atoms with Crippen LogP contribution in [0.25, 0.3) is 0 Å². The first-order valence-electron chi connectivity index (χ1n) is 10.2. The number of carbonyl (C=O) groups excluding carboxylic acids is 1. The zero-order valence-electron chi connectivity index (χ0n) is 15.8. The minimum absolute atomic E-state index is 0.195. The molecule has 6 heteroatoms. The lowest BCUT2D eigenvalue weighted by molar-refractivity contribution is -0.123. The highest BCUT2D eigenvalue weighted by Gasteiger charge is 2.37.